The summed E-state index contributed by atoms with van der Waals surface area (Å²) in [6.45, 7) is 1.85. The van der Waals surface area contributed by atoms with Gasteiger partial charge in [0.2, 0.25) is 5.91 Å². The molecule has 0 spiro atoms. The zero-order chi connectivity index (χ0) is 20.6. The second-order valence-electron chi connectivity index (χ2n) is 6.83. The molecular formula is C20H17F3N4OS. The van der Waals surface area contributed by atoms with Gasteiger partial charge in [-0.1, -0.05) is 17.4 Å². The highest BCUT2D eigenvalue weighted by Gasteiger charge is 2.31. The van der Waals surface area contributed by atoms with Gasteiger partial charge in [0.1, 0.15) is 5.82 Å². The zero-order valence-electron chi connectivity index (χ0n) is 15.4. The summed E-state index contributed by atoms with van der Waals surface area (Å²) in [4.78, 5) is 21.4. The van der Waals surface area contributed by atoms with Crippen LogP contribution in [0.4, 0.5) is 29.8 Å². The van der Waals surface area contributed by atoms with Gasteiger partial charge in [0, 0.05) is 17.8 Å². The largest absolute Gasteiger partial charge is 0.416 e. The summed E-state index contributed by atoms with van der Waals surface area (Å²) < 4.78 is 38.7. The molecule has 5 nitrogen and oxygen atoms in total. The minimum atomic E-state index is -4.41. The molecule has 1 fully saturated rings. The van der Waals surface area contributed by atoms with Crippen LogP contribution in [0.5, 0.6) is 0 Å². The average molecular weight is 418 g/mol. The predicted octanol–water partition coefficient (Wildman–Crippen LogP) is 5.62. The van der Waals surface area contributed by atoms with Crippen LogP contribution in [0.25, 0.3) is 10.4 Å². The third-order valence-corrected chi connectivity index (χ3v) is 5.58. The third-order valence-electron chi connectivity index (χ3n) is 4.46. The van der Waals surface area contributed by atoms with Crippen LogP contribution in [-0.4, -0.2) is 15.9 Å². The number of carbonyl (C=O) groups excluding carboxylic acids is 1. The van der Waals surface area contributed by atoms with E-state index in [0.717, 1.165) is 41.1 Å². The summed E-state index contributed by atoms with van der Waals surface area (Å²) >= 11 is 1.36. The van der Waals surface area contributed by atoms with Crippen molar-refractivity contribution < 1.29 is 18.0 Å². The highest BCUT2D eigenvalue weighted by atomic mass is 32.1. The van der Waals surface area contributed by atoms with Gasteiger partial charge in [0.05, 0.1) is 16.1 Å². The summed E-state index contributed by atoms with van der Waals surface area (Å²) in [6, 6.07) is 8.49. The van der Waals surface area contributed by atoms with Crippen molar-refractivity contribution in [1.82, 2.24) is 9.97 Å². The number of amides is 1. The first-order valence-electron chi connectivity index (χ1n) is 8.98. The number of halogens is 3. The van der Waals surface area contributed by atoms with Crippen molar-refractivity contribution in [1.29, 1.82) is 0 Å². The van der Waals surface area contributed by atoms with Crippen LogP contribution in [0.3, 0.4) is 0 Å². The molecule has 2 aromatic heterocycles. The van der Waals surface area contributed by atoms with Gasteiger partial charge in [-0.05, 0) is 55.7 Å². The van der Waals surface area contributed by atoms with Crippen LogP contribution >= 0.6 is 11.3 Å². The number of aromatic nitrogens is 2. The highest BCUT2D eigenvalue weighted by Crippen LogP contribution is 2.36. The molecule has 1 aliphatic carbocycles. The quantitative estimate of drug-likeness (QED) is 0.564. The summed E-state index contributed by atoms with van der Waals surface area (Å²) in [6.07, 6.45) is -1.00. The minimum absolute atomic E-state index is 0.00747. The van der Waals surface area contributed by atoms with Crippen molar-refractivity contribution in [2.75, 3.05) is 10.6 Å². The average Bonchev–Trinajstić information content (AvgIpc) is 3.45. The number of nitrogens with one attached hydrogen (secondary N) is 2. The van der Waals surface area contributed by atoms with E-state index in [-0.39, 0.29) is 11.8 Å². The van der Waals surface area contributed by atoms with Gasteiger partial charge in [-0.3, -0.25) is 4.79 Å². The molecule has 150 valence electrons. The summed E-state index contributed by atoms with van der Waals surface area (Å²) in [7, 11) is 0. The number of anilines is 3. The zero-order valence-corrected chi connectivity index (χ0v) is 16.2. The van der Waals surface area contributed by atoms with Gasteiger partial charge in [-0.25, -0.2) is 9.97 Å². The lowest BCUT2D eigenvalue weighted by Gasteiger charge is -2.10. The molecule has 0 radical (unpaired) electrons. The van der Waals surface area contributed by atoms with Crippen molar-refractivity contribution in [3.63, 3.8) is 0 Å². The molecule has 1 aliphatic rings. The Labute approximate surface area is 169 Å². The Bertz CT molecular complexity index is 1060. The maximum absolute atomic E-state index is 12.9. The third kappa shape index (κ3) is 4.56. The molecule has 0 bridgehead atoms. The molecule has 0 unspecified atom stereocenters. The molecule has 2 N–H and O–H groups in total. The first-order valence-corrected chi connectivity index (χ1v) is 9.80. The first-order chi connectivity index (χ1) is 13.8. The fourth-order valence-electron chi connectivity index (χ4n) is 2.83. The van der Waals surface area contributed by atoms with Crippen molar-refractivity contribution >= 4 is 33.9 Å². The maximum Gasteiger partial charge on any atom is 0.416 e. The monoisotopic (exact) mass is 418 g/mol. The predicted molar refractivity (Wildman–Crippen MR) is 106 cm³/mol. The van der Waals surface area contributed by atoms with Gasteiger partial charge < -0.3 is 10.6 Å². The molecule has 1 aromatic carbocycles. The van der Waals surface area contributed by atoms with Crippen molar-refractivity contribution in [3.8, 4) is 10.4 Å². The lowest BCUT2D eigenvalue weighted by atomic mass is 10.2. The fourth-order valence-corrected chi connectivity index (χ4v) is 3.80. The Kier molecular flexibility index (Phi) is 4.99. The second kappa shape index (κ2) is 7.47. The number of rotatable bonds is 5. The van der Waals surface area contributed by atoms with Gasteiger partial charge in [0.25, 0.3) is 0 Å². The summed E-state index contributed by atoms with van der Waals surface area (Å²) in [5.41, 5.74) is 1.14. The van der Waals surface area contributed by atoms with Crippen LogP contribution < -0.4 is 10.6 Å². The standard InChI is InChI=1S/C20H17F3N4OS/c1-11-17(29-19(25-11)27-18(28)12-5-6-12)13-7-8-24-16(9-13)26-15-4-2-3-14(10-15)20(21,22)23/h2-4,7-10,12H,5-6H2,1H3,(H,24,26)(H,25,27,28). The topological polar surface area (TPSA) is 66.9 Å². The molecule has 1 saturated carbocycles. The molecule has 1 amide bonds. The van der Waals surface area contributed by atoms with Crippen LogP contribution in [-0.2, 0) is 11.0 Å². The van der Waals surface area contributed by atoms with E-state index < -0.39 is 11.7 Å². The van der Waals surface area contributed by atoms with Gasteiger partial charge >= 0.3 is 6.18 Å². The number of nitrogens with zero attached hydrogens (tertiary/aromatic N) is 2. The van der Waals surface area contributed by atoms with E-state index in [1.807, 2.05) is 6.92 Å². The molecule has 0 saturated heterocycles. The Morgan fingerprint density at radius 1 is 1.21 bits per heavy atom. The van der Waals surface area contributed by atoms with Gasteiger partial charge in [0.15, 0.2) is 5.13 Å². The van der Waals surface area contributed by atoms with E-state index in [0.29, 0.717) is 16.6 Å². The van der Waals surface area contributed by atoms with E-state index in [1.165, 1.54) is 17.4 Å². The lowest BCUT2D eigenvalue weighted by molar-refractivity contribution is -0.137. The molecule has 0 aliphatic heterocycles. The molecule has 0 atom stereocenters. The number of pyridine rings is 1. The van der Waals surface area contributed by atoms with E-state index in [9.17, 15) is 18.0 Å². The normalized spacial score (nSPS) is 13.9. The smallest absolute Gasteiger partial charge is 0.340 e. The number of hydrogen-bond acceptors (Lipinski definition) is 5. The van der Waals surface area contributed by atoms with Crippen LogP contribution in [0.15, 0.2) is 42.6 Å². The van der Waals surface area contributed by atoms with Crippen LogP contribution in [0, 0.1) is 12.8 Å². The highest BCUT2D eigenvalue weighted by molar-refractivity contribution is 7.19. The summed E-state index contributed by atoms with van der Waals surface area (Å²) in [5.74, 6) is 0.497. The number of hydrogen-bond donors (Lipinski definition) is 2. The molecular weight excluding hydrogens is 401 g/mol. The van der Waals surface area contributed by atoms with Crippen molar-refractivity contribution in [2.45, 2.75) is 25.9 Å². The fraction of sp³-hybridized carbons (Fsp3) is 0.250. The van der Waals surface area contributed by atoms with Crippen molar-refractivity contribution in [3.05, 3.63) is 53.9 Å². The van der Waals surface area contributed by atoms with Gasteiger partial charge in [-0.15, -0.1) is 0 Å². The van der Waals surface area contributed by atoms with E-state index in [4.69, 9.17) is 0 Å². The Morgan fingerprint density at radius 3 is 2.72 bits per heavy atom. The summed E-state index contributed by atoms with van der Waals surface area (Å²) in [5, 5.41) is 6.29. The second-order valence-corrected chi connectivity index (χ2v) is 7.83. The van der Waals surface area contributed by atoms with E-state index >= 15 is 0 Å². The van der Waals surface area contributed by atoms with E-state index in [2.05, 4.69) is 20.6 Å². The number of carbonyl (C=O) groups is 1. The Balaban J connectivity index is 1.55. The SMILES string of the molecule is Cc1nc(NC(=O)C2CC2)sc1-c1ccnc(Nc2cccc(C(F)(F)F)c2)c1. The number of aryl methyl sites for hydroxylation is 1. The number of benzene rings is 1. The first kappa shape index (κ1) is 19.4. The number of thiazole rings is 1. The molecule has 9 heteroatoms. The molecule has 4 rings (SSSR count). The Morgan fingerprint density at radius 2 is 2.00 bits per heavy atom. The molecule has 2 heterocycles. The van der Waals surface area contributed by atoms with E-state index in [1.54, 1.807) is 24.4 Å². The van der Waals surface area contributed by atoms with Gasteiger partial charge in [-0.2, -0.15) is 13.2 Å². The maximum atomic E-state index is 12.9. The lowest BCUT2D eigenvalue weighted by Crippen LogP contribution is -2.12. The Hall–Kier alpha value is -2.94. The molecule has 3 aromatic rings. The minimum Gasteiger partial charge on any atom is -0.340 e. The number of alkyl halides is 3. The van der Waals surface area contributed by atoms with Crippen molar-refractivity contribution in [2.24, 2.45) is 5.92 Å². The molecule has 29 heavy (non-hydrogen) atoms. The van der Waals surface area contributed by atoms with Crippen LogP contribution in [0.1, 0.15) is 24.1 Å². The van der Waals surface area contributed by atoms with Crippen LogP contribution in [0.2, 0.25) is 0 Å².